The minimum Gasteiger partial charge on any atom is -0.476 e. The van der Waals surface area contributed by atoms with Crippen LogP contribution in [-0.4, -0.2) is 50.0 Å². The Morgan fingerprint density at radius 2 is 2.10 bits per heavy atom. The van der Waals surface area contributed by atoms with Gasteiger partial charge in [0.15, 0.2) is 5.69 Å². The average molecular weight is 319 g/mol. The number of carbonyl (C=O) groups is 1. The van der Waals surface area contributed by atoms with Gasteiger partial charge in [-0.25, -0.2) is 17.9 Å². The molecule has 1 aromatic rings. The van der Waals surface area contributed by atoms with Crippen molar-refractivity contribution in [2.24, 2.45) is 5.41 Å². The van der Waals surface area contributed by atoms with E-state index in [4.69, 9.17) is 9.84 Å². The fourth-order valence-electron chi connectivity index (χ4n) is 1.72. The molecule has 9 heteroatoms. The van der Waals surface area contributed by atoms with E-state index >= 15 is 0 Å². The number of aromatic nitrogens is 2. The number of sulfonamides is 1. The number of carboxylic acid groups (broad SMARTS) is 1. The third-order valence-corrected chi connectivity index (χ3v) is 4.65. The van der Waals surface area contributed by atoms with Gasteiger partial charge in [0.1, 0.15) is 4.90 Å². The zero-order valence-corrected chi connectivity index (χ0v) is 13.4. The second-order valence-corrected chi connectivity index (χ2v) is 7.27. The molecule has 0 aliphatic carbocycles. The van der Waals surface area contributed by atoms with Gasteiger partial charge in [-0.1, -0.05) is 13.8 Å². The van der Waals surface area contributed by atoms with Crippen LogP contribution in [0.25, 0.3) is 0 Å². The Morgan fingerprint density at radius 1 is 1.48 bits per heavy atom. The number of hydrogen-bond donors (Lipinski definition) is 3. The molecule has 3 N–H and O–H groups in total. The highest BCUT2D eigenvalue weighted by Gasteiger charge is 2.30. The van der Waals surface area contributed by atoms with Crippen LogP contribution in [0.3, 0.4) is 0 Å². The van der Waals surface area contributed by atoms with Crippen molar-refractivity contribution in [3.63, 3.8) is 0 Å². The summed E-state index contributed by atoms with van der Waals surface area (Å²) >= 11 is 0. The lowest BCUT2D eigenvalue weighted by atomic mass is 9.90. The molecule has 0 unspecified atom stereocenters. The van der Waals surface area contributed by atoms with Crippen LogP contribution in [0.1, 0.15) is 36.5 Å². The molecule has 21 heavy (non-hydrogen) atoms. The van der Waals surface area contributed by atoms with Crippen LogP contribution in [0.2, 0.25) is 0 Å². The first kappa shape index (κ1) is 17.6. The lowest BCUT2D eigenvalue weighted by Gasteiger charge is -2.24. The van der Waals surface area contributed by atoms with E-state index in [1.165, 1.54) is 6.92 Å². The second kappa shape index (κ2) is 6.54. The number of nitrogens with one attached hydrogen (secondary N) is 2. The molecular weight excluding hydrogens is 298 g/mol. The van der Waals surface area contributed by atoms with E-state index in [0.717, 1.165) is 0 Å². The average Bonchev–Trinajstić information content (AvgIpc) is 2.77. The quantitative estimate of drug-likeness (QED) is 0.650. The number of rotatable bonds is 8. The zero-order chi connectivity index (χ0) is 16.3. The number of H-pyrrole nitrogens is 1. The Hall–Kier alpha value is -1.45. The van der Waals surface area contributed by atoms with Gasteiger partial charge in [0.2, 0.25) is 10.0 Å². The predicted molar refractivity (Wildman–Crippen MR) is 75.7 cm³/mol. The number of aromatic carboxylic acids is 1. The van der Waals surface area contributed by atoms with Gasteiger partial charge < -0.3 is 9.84 Å². The van der Waals surface area contributed by atoms with E-state index in [-0.39, 0.29) is 22.5 Å². The molecule has 1 heterocycles. The topological polar surface area (TPSA) is 121 Å². The van der Waals surface area contributed by atoms with Gasteiger partial charge >= 0.3 is 5.97 Å². The number of nitrogens with zero attached hydrogens (tertiary/aromatic N) is 1. The van der Waals surface area contributed by atoms with Gasteiger partial charge in [-0.2, -0.15) is 5.10 Å². The second-order valence-electron chi connectivity index (χ2n) is 5.56. The summed E-state index contributed by atoms with van der Waals surface area (Å²) in [5.41, 5.74) is -0.631. The predicted octanol–water partition coefficient (Wildman–Crippen LogP) is 0.757. The summed E-state index contributed by atoms with van der Waals surface area (Å²) in [6, 6.07) is 0. The molecule has 1 rings (SSSR count). The SMILES string of the molecule is COCCC(C)(C)CNS(=O)(=O)c1c(C(=O)O)n[nH]c1C. The number of aromatic amines is 1. The van der Waals surface area contributed by atoms with Gasteiger partial charge in [0.25, 0.3) is 0 Å². The van der Waals surface area contributed by atoms with Crippen LogP contribution in [0.5, 0.6) is 0 Å². The number of ether oxygens (including phenoxy) is 1. The summed E-state index contributed by atoms with van der Waals surface area (Å²) in [6.07, 6.45) is 0.669. The maximum absolute atomic E-state index is 12.3. The van der Waals surface area contributed by atoms with Crippen molar-refractivity contribution in [1.29, 1.82) is 0 Å². The Balaban J connectivity index is 2.93. The molecule has 0 bridgehead atoms. The smallest absolute Gasteiger partial charge is 0.357 e. The van der Waals surface area contributed by atoms with E-state index in [2.05, 4.69) is 14.9 Å². The van der Waals surface area contributed by atoms with Crippen molar-refractivity contribution in [1.82, 2.24) is 14.9 Å². The van der Waals surface area contributed by atoms with Gasteiger partial charge in [-0.15, -0.1) is 0 Å². The van der Waals surface area contributed by atoms with Gasteiger partial charge in [-0.05, 0) is 18.8 Å². The van der Waals surface area contributed by atoms with E-state index in [1.54, 1.807) is 7.11 Å². The number of carboxylic acids is 1. The van der Waals surface area contributed by atoms with Gasteiger partial charge in [0.05, 0.1) is 5.69 Å². The molecule has 0 aromatic carbocycles. The van der Waals surface area contributed by atoms with Crippen molar-refractivity contribution in [3.8, 4) is 0 Å². The molecule has 0 saturated carbocycles. The first-order valence-electron chi connectivity index (χ1n) is 6.37. The monoisotopic (exact) mass is 319 g/mol. The minimum absolute atomic E-state index is 0.169. The van der Waals surface area contributed by atoms with Crippen LogP contribution < -0.4 is 4.72 Å². The Kier molecular flexibility index (Phi) is 5.48. The Labute approximate surface area is 123 Å². The molecular formula is C12H21N3O5S. The zero-order valence-electron chi connectivity index (χ0n) is 12.6. The van der Waals surface area contributed by atoms with Crippen LogP contribution in [0.15, 0.2) is 4.90 Å². The molecule has 8 nitrogen and oxygen atoms in total. The van der Waals surface area contributed by atoms with Crippen molar-refractivity contribution in [2.75, 3.05) is 20.3 Å². The summed E-state index contributed by atoms with van der Waals surface area (Å²) in [6.45, 7) is 5.94. The van der Waals surface area contributed by atoms with Crippen molar-refractivity contribution in [2.45, 2.75) is 32.1 Å². The third kappa shape index (κ3) is 4.51. The molecule has 0 atom stereocenters. The highest BCUT2D eigenvalue weighted by molar-refractivity contribution is 7.89. The Bertz CT molecular complexity index is 606. The first-order valence-corrected chi connectivity index (χ1v) is 7.86. The van der Waals surface area contributed by atoms with Crippen LogP contribution >= 0.6 is 0 Å². The highest BCUT2D eigenvalue weighted by Crippen LogP contribution is 2.22. The van der Waals surface area contributed by atoms with E-state index in [0.29, 0.717) is 13.0 Å². The largest absolute Gasteiger partial charge is 0.476 e. The van der Waals surface area contributed by atoms with E-state index in [9.17, 15) is 13.2 Å². The normalized spacial score (nSPS) is 12.6. The molecule has 120 valence electrons. The molecule has 0 aliphatic heterocycles. The van der Waals surface area contributed by atoms with Crippen LogP contribution in [0.4, 0.5) is 0 Å². The summed E-state index contributed by atoms with van der Waals surface area (Å²) < 4.78 is 32.0. The van der Waals surface area contributed by atoms with Crippen LogP contribution in [0, 0.1) is 12.3 Å². The van der Waals surface area contributed by atoms with Gasteiger partial charge in [-0.3, -0.25) is 5.10 Å². The highest BCUT2D eigenvalue weighted by atomic mass is 32.2. The molecule has 0 aliphatic rings. The molecule has 0 saturated heterocycles. The van der Waals surface area contributed by atoms with Gasteiger partial charge in [0, 0.05) is 20.3 Å². The standard InChI is InChI=1S/C12H21N3O5S/c1-8-10(9(11(16)17)15-14-8)21(18,19)13-7-12(2,3)5-6-20-4/h13H,5-7H2,1-4H3,(H,14,15)(H,16,17). The lowest BCUT2D eigenvalue weighted by Crippen LogP contribution is -2.35. The fourth-order valence-corrected chi connectivity index (χ4v) is 3.28. The summed E-state index contributed by atoms with van der Waals surface area (Å²) in [4.78, 5) is 10.7. The van der Waals surface area contributed by atoms with Crippen molar-refractivity contribution >= 4 is 16.0 Å². The summed E-state index contributed by atoms with van der Waals surface area (Å²) in [5.74, 6) is -1.39. The number of methoxy groups -OCH3 is 1. The fraction of sp³-hybridized carbons (Fsp3) is 0.667. The van der Waals surface area contributed by atoms with Crippen molar-refractivity contribution < 1.29 is 23.1 Å². The maximum atomic E-state index is 12.3. The lowest BCUT2D eigenvalue weighted by molar-refractivity contribution is 0.0686. The molecule has 0 spiro atoms. The van der Waals surface area contributed by atoms with Crippen LogP contribution in [-0.2, 0) is 14.8 Å². The maximum Gasteiger partial charge on any atom is 0.357 e. The number of aryl methyl sites for hydroxylation is 1. The Morgan fingerprint density at radius 3 is 2.62 bits per heavy atom. The first-order chi connectivity index (χ1) is 9.60. The summed E-state index contributed by atoms with van der Waals surface area (Å²) in [5, 5.41) is 14.9. The molecule has 0 amide bonds. The van der Waals surface area contributed by atoms with Crippen molar-refractivity contribution in [3.05, 3.63) is 11.4 Å². The molecule has 0 fully saturated rings. The molecule has 0 radical (unpaired) electrons. The number of hydrogen-bond acceptors (Lipinski definition) is 5. The third-order valence-electron chi connectivity index (χ3n) is 3.09. The summed E-state index contributed by atoms with van der Waals surface area (Å²) in [7, 11) is -2.37. The minimum atomic E-state index is -3.95. The molecule has 1 aromatic heterocycles. The van der Waals surface area contributed by atoms with E-state index < -0.39 is 21.7 Å². The van der Waals surface area contributed by atoms with E-state index in [1.807, 2.05) is 13.8 Å².